The molecule has 0 amide bonds. The topological polar surface area (TPSA) is 20.3 Å². The van der Waals surface area contributed by atoms with Crippen LogP contribution in [0.5, 0.6) is 0 Å². The van der Waals surface area contributed by atoms with Crippen molar-refractivity contribution in [3.8, 4) is 0 Å². The molecule has 1 heterocycles. The minimum Gasteiger partial charge on any atom is -0.358 e. The maximum atomic E-state index is 15.5. The van der Waals surface area contributed by atoms with E-state index in [9.17, 15) is 4.79 Å². The second kappa shape index (κ2) is 6.37. The first-order chi connectivity index (χ1) is 11.7. The van der Waals surface area contributed by atoms with E-state index in [-0.39, 0.29) is 0 Å². The number of nitrogens with zero attached hydrogens (tertiary/aromatic N) is 1. The van der Waals surface area contributed by atoms with E-state index < -0.39 is 25.4 Å². The van der Waals surface area contributed by atoms with Gasteiger partial charge in [0, 0.05) is 12.2 Å². The average Bonchev–Trinajstić information content (AvgIpc) is 2.60. The van der Waals surface area contributed by atoms with Crippen LogP contribution < -0.4 is 4.90 Å². The molecule has 2 aromatic rings. The number of rotatable bonds is 4. The number of fused-ring (bicyclic) bond motifs is 1. The summed E-state index contributed by atoms with van der Waals surface area (Å²) in [5.74, 6) is -3.42. The lowest BCUT2D eigenvalue weighted by Crippen LogP contribution is -2.55. The molecule has 0 aliphatic carbocycles. The van der Waals surface area contributed by atoms with E-state index in [0.29, 0.717) is 18.5 Å². The van der Waals surface area contributed by atoms with Gasteiger partial charge in [0.2, 0.25) is 0 Å². The zero-order chi connectivity index (χ0) is 18.2. The van der Waals surface area contributed by atoms with Crippen molar-refractivity contribution in [2.75, 3.05) is 11.4 Å². The summed E-state index contributed by atoms with van der Waals surface area (Å²) in [7, 11) is -2.65. The lowest BCUT2D eigenvalue weighted by atomic mass is 9.88. The van der Waals surface area contributed by atoms with Crippen LogP contribution in [0.3, 0.4) is 0 Å². The number of hydrogen-bond donors (Lipinski definition) is 0. The predicted molar refractivity (Wildman–Crippen MR) is 100.0 cm³/mol. The van der Waals surface area contributed by atoms with Crippen molar-refractivity contribution in [3.63, 3.8) is 0 Å². The van der Waals surface area contributed by atoms with Crippen molar-refractivity contribution in [2.45, 2.75) is 38.0 Å². The standard InChI is InChI=1S/C20H23F2NOSi/c1-25(2,3)19(24)20(21,22)18-17-12-8-7-9-15(17)13-14-23(18)16-10-5-4-6-11-16/h4-12,18H,13-14H2,1-3H3. The molecule has 0 radical (unpaired) electrons. The highest BCUT2D eigenvalue weighted by atomic mass is 28.3. The highest BCUT2D eigenvalue weighted by Gasteiger charge is 2.55. The number of benzene rings is 2. The fourth-order valence-corrected chi connectivity index (χ4v) is 4.62. The van der Waals surface area contributed by atoms with Crippen LogP contribution in [0.4, 0.5) is 14.5 Å². The first-order valence-electron chi connectivity index (χ1n) is 8.55. The lowest BCUT2D eigenvalue weighted by Gasteiger charge is -2.43. The van der Waals surface area contributed by atoms with Crippen LogP contribution >= 0.6 is 0 Å². The molecule has 1 aliphatic rings. The summed E-state index contributed by atoms with van der Waals surface area (Å²) in [6.07, 6.45) is 0.693. The van der Waals surface area contributed by atoms with Crippen LogP contribution in [0.1, 0.15) is 17.2 Å². The molecule has 0 saturated carbocycles. The molecule has 3 rings (SSSR count). The van der Waals surface area contributed by atoms with Gasteiger partial charge in [-0.3, -0.25) is 4.79 Å². The quantitative estimate of drug-likeness (QED) is 0.726. The van der Waals surface area contributed by atoms with Gasteiger partial charge in [-0.2, -0.15) is 8.78 Å². The van der Waals surface area contributed by atoms with E-state index in [1.165, 1.54) is 0 Å². The molecular formula is C20H23F2NOSi. The number of carbonyl (C=O) groups is 1. The van der Waals surface area contributed by atoms with Gasteiger partial charge in [0.15, 0.2) is 5.41 Å². The molecule has 1 atom stereocenters. The van der Waals surface area contributed by atoms with Gasteiger partial charge in [-0.25, -0.2) is 0 Å². The average molecular weight is 359 g/mol. The monoisotopic (exact) mass is 359 g/mol. The van der Waals surface area contributed by atoms with Crippen LogP contribution in [0.15, 0.2) is 54.6 Å². The molecule has 0 spiro atoms. The van der Waals surface area contributed by atoms with Crippen molar-refractivity contribution in [3.05, 3.63) is 65.7 Å². The van der Waals surface area contributed by atoms with Crippen molar-refractivity contribution in [2.24, 2.45) is 0 Å². The Balaban J connectivity index is 2.14. The molecule has 2 nitrogen and oxygen atoms in total. The van der Waals surface area contributed by atoms with E-state index in [1.54, 1.807) is 36.7 Å². The molecule has 0 bridgehead atoms. The summed E-state index contributed by atoms with van der Waals surface area (Å²) >= 11 is 0. The van der Waals surface area contributed by atoms with Gasteiger partial charge in [0.05, 0.1) is 0 Å². The highest BCUT2D eigenvalue weighted by molar-refractivity contribution is 7.04. The largest absolute Gasteiger partial charge is 0.358 e. The molecule has 0 aromatic heterocycles. The SMILES string of the molecule is C[Si](C)(C)C(=O)C(F)(F)C1c2ccccc2CCN1c1ccccc1. The van der Waals surface area contributed by atoms with Crippen LogP contribution in [0.25, 0.3) is 0 Å². The van der Waals surface area contributed by atoms with Crippen molar-refractivity contribution < 1.29 is 13.6 Å². The maximum Gasteiger partial charge on any atom is 0.324 e. The predicted octanol–water partition coefficient (Wildman–Crippen LogP) is 4.87. The highest BCUT2D eigenvalue weighted by Crippen LogP contribution is 2.44. The smallest absolute Gasteiger partial charge is 0.324 e. The van der Waals surface area contributed by atoms with Crippen LogP contribution in [0, 0.1) is 0 Å². The summed E-state index contributed by atoms with van der Waals surface area (Å²) in [5.41, 5.74) is 2.20. The van der Waals surface area contributed by atoms with E-state index in [4.69, 9.17) is 0 Å². The molecule has 1 unspecified atom stereocenters. The Morgan fingerprint density at radius 2 is 1.64 bits per heavy atom. The number of carbonyl (C=O) groups excluding carboxylic acids is 1. The molecule has 0 saturated heterocycles. The summed E-state index contributed by atoms with van der Waals surface area (Å²) in [6, 6.07) is 15.2. The molecule has 2 aromatic carbocycles. The van der Waals surface area contributed by atoms with Gasteiger partial charge < -0.3 is 4.90 Å². The van der Waals surface area contributed by atoms with Gasteiger partial charge in [-0.1, -0.05) is 62.1 Å². The third kappa shape index (κ3) is 3.25. The zero-order valence-corrected chi connectivity index (χ0v) is 15.8. The van der Waals surface area contributed by atoms with Crippen LogP contribution in [0.2, 0.25) is 19.6 Å². The first-order valence-corrected chi connectivity index (χ1v) is 12.0. The second-order valence-electron chi connectivity index (χ2n) is 7.58. The van der Waals surface area contributed by atoms with Gasteiger partial charge in [-0.15, -0.1) is 0 Å². The summed E-state index contributed by atoms with van der Waals surface area (Å²) in [4.78, 5) is 14.4. The molecule has 25 heavy (non-hydrogen) atoms. The van der Waals surface area contributed by atoms with E-state index in [1.807, 2.05) is 42.5 Å². The molecular weight excluding hydrogens is 336 g/mol. The van der Waals surface area contributed by atoms with E-state index >= 15 is 8.78 Å². The van der Waals surface area contributed by atoms with E-state index in [2.05, 4.69) is 0 Å². The van der Waals surface area contributed by atoms with Crippen molar-refractivity contribution in [1.29, 1.82) is 0 Å². The minimum absolute atomic E-state index is 0.472. The number of anilines is 1. The Morgan fingerprint density at radius 1 is 1.04 bits per heavy atom. The molecule has 5 heteroatoms. The number of halogens is 2. The van der Waals surface area contributed by atoms with Gasteiger partial charge in [0.1, 0.15) is 14.1 Å². The zero-order valence-electron chi connectivity index (χ0n) is 14.8. The van der Waals surface area contributed by atoms with Gasteiger partial charge in [-0.05, 0) is 29.7 Å². The molecule has 1 aliphatic heterocycles. The van der Waals surface area contributed by atoms with Crippen LogP contribution in [-0.2, 0) is 11.2 Å². The fourth-order valence-electron chi connectivity index (χ4n) is 3.48. The van der Waals surface area contributed by atoms with Crippen molar-refractivity contribution >= 4 is 19.2 Å². The normalized spacial score (nSPS) is 18.0. The number of para-hydroxylation sites is 1. The first kappa shape index (κ1) is 17.8. The summed E-state index contributed by atoms with van der Waals surface area (Å²) in [6.45, 7) is 5.53. The van der Waals surface area contributed by atoms with Crippen molar-refractivity contribution in [1.82, 2.24) is 0 Å². The molecule has 132 valence electrons. The summed E-state index contributed by atoms with van der Waals surface area (Å²) in [5, 5.41) is -0.886. The fraction of sp³-hybridized carbons (Fsp3) is 0.350. The Hall–Kier alpha value is -2.01. The minimum atomic E-state index is -3.42. The third-order valence-corrected chi connectivity index (χ3v) is 6.39. The number of alkyl halides is 2. The second-order valence-corrected chi connectivity index (χ2v) is 12.5. The van der Waals surface area contributed by atoms with Gasteiger partial charge >= 0.3 is 5.92 Å². The maximum absolute atomic E-state index is 15.5. The molecule has 0 fully saturated rings. The number of hydrogen-bond acceptors (Lipinski definition) is 2. The van der Waals surface area contributed by atoms with E-state index in [0.717, 1.165) is 11.3 Å². The Labute approximate surface area is 148 Å². The lowest BCUT2D eigenvalue weighted by molar-refractivity contribution is -0.138. The third-order valence-electron chi connectivity index (χ3n) is 4.70. The molecule has 0 N–H and O–H groups in total. The Morgan fingerprint density at radius 3 is 2.28 bits per heavy atom. The summed E-state index contributed by atoms with van der Waals surface area (Å²) < 4.78 is 30.9. The Kier molecular flexibility index (Phi) is 4.54. The Bertz CT molecular complexity index is 771. The van der Waals surface area contributed by atoms with Gasteiger partial charge in [0.25, 0.3) is 0 Å². The van der Waals surface area contributed by atoms with Crippen LogP contribution in [-0.4, -0.2) is 25.9 Å².